The Morgan fingerprint density at radius 3 is 2.25 bits per heavy atom. The van der Waals surface area contributed by atoms with E-state index in [2.05, 4.69) is 31.3 Å². The van der Waals surface area contributed by atoms with Crippen LogP contribution in [0.2, 0.25) is 0 Å². The molecule has 0 fully saturated rings. The fourth-order valence-electron chi connectivity index (χ4n) is 2.27. The first-order chi connectivity index (χ1) is 11.4. The number of carbonyl (C=O) groups excluding carboxylic acids is 2. The highest BCUT2D eigenvalue weighted by molar-refractivity contribution is 5.94. The zero-order chi connectivity index (χ0) is 18.1. The quantitative estimate of drug-likeness (QED) is 0.580. The van der Waals surface area contributed by atoms with Crippen molar-refractivity contribution in [2.75, 3.05) is 6.61 Å². The summed E-state index contributed by atoms with van der Waals surface area (Å²) in [6, 6.07) is 7.47. The third kappa shape index (κ3) is 6.19. The zero-order valence-electron chi connectivity index (χ0n) is 15.3. The Morgan fingerprint density at radius 2 is 1.75 bits per heavy atom. The third-order valence-electron chi connectivity index (χ3n) is 4.08. The molecule has 2 atom stereocenters. The van der Waals surface area contributed by atoms with E-state index in [-0.39, 0.29) is 17.8 Å². The minimum atomic E-state index is -0.615. The summed E-state index contributed by atoms with van der Waals surface area (Å²) in [5.41, 5.74) is 2.21. The molecule has 1 amide bonds. The van der Waals surface area contributed by atoms with Gasteiger partial charge in [-0.2, -0.15) is 0 Å². The van der Waals surface area contributed by atoms with Crippen LogP contribution in [0.5, 0.6) is 0 Å². The van der Waals surface area contributed by atoms with Crippen molar-refractivity contribution in [2.45, 2.75) is 53.0 Å². The fraction of sp³-hybridized carbons (Fsp3) is 0.500. The first-order valence-corrected chi connectivity index (χ1v) is 8.64. The van der Waals surface area contributed by atoms with Crippen LogP contribution in [0, 0.1) is 5.92 Å². The van der Waals surface area contributed by atoms with Gasteiger partial charge in [0.05, 0.1) is 6.61 Å². The van der Waals surface area contributed by atoms with Gasteiger partial charge >= 0.3 is 5.97 Å². The summed E-state index contributed by atoms with van der Waals surface area (Å²) in [6.45, 7) is 10.3. The van der Waals surface area contributed by atoms with E-state index in [0.29, 0.717) is 12.5 Å². The van der Waals surface area contributed by atoms with E-state index in [9.17, 15) is 9.59 Å². The van der Waals surface area contributed by atoms with Crippen LogP contribution < -0.4 is 5.32 Å². The molecular formula is C20H29NO3. The first kappa shape index (κ1) is 19.9. The highest BCUT2D eigenvalue weighted by Crippen LogP contribution is 2.15. The van der Waals surface area contributed by atoms with Crippen LogP contribution in [0.15, 0.2) is 30.3 Å². The van der Waals surface area contributed by atoms with Crippen molar-refractivity contribution in [3.05, 3.63) is 41.5 Å². The normalized spacial score (nSPS) is 13.8. The molecule has 0 aliphatic heterocycles. The van der Waals surface area contributed by atoms with E-state index < -0.39 is 6.04 Å². The van der Waals surface area contributed by atoms with Crippen molar-refractivity contribution in [2.24, 2.45) is 5.92 Å². The molecule has 0 spiro atoms. The Hall–Kier alpha value is -2.10. The number of benzene rings is 1. The SMILES string of the molecule is CCOC(=O)[C@H](NC(=O)/C=C/c1ccc(C(C)C)cc1)C(C)CC. The molecule has 4 nitrogen and oxygen atoms in total. The van der Waals surface area contributed by atoms with Crippen molar-refractivity contribution in [1.82, 2.24) is 5.32 Å². The number of hydrogen-bond acceptors (Lipinski definition) is 3. The second kappa shape index (κ2) is 9.91. The Morgan fingerprint density at radius 1 is 1.12 bits per heavy atom. The molecule has 0 radical (unpaired) electrons. The molecule has 0 aliphatic rings. The number of nitrogens with one attached hydrogen (secondary N) is 1. The molecule has 1 unspecified atom stereocenters. The molecule has 132 valence electrons. The van der Waals surface area contributed by atoms with Crippen LogP contribution in [0.3, 0.4) is 0 Å². The Kier molecular flexibility index (Phi) is 8.24. The summed E-state index contributed by atoms with van der Waals surface area (Å²) in [7, 11) is 0. The van der Waals surface area contributed by atoms with Gasteiger partial charge in [-0.15, -0.1) is 0 Å². The maximum atomic E-state index is 12.1. The van der Waals surface area contributed by atoms with E-state index in [1.807, 2.05) is 26.0 Å². The largest absolute Gasteiger partial charge is 0.464 e. The van der Waals surface area contributed by atoms with Gasteiger partial charge in [0.25, 0.3) is 0 Å². The summed E-state index contributed by atoms with van der Waals surface area (Å²) in [5.74, 6) is -0.171. The standard InChI is InChI=1S/C20H29NO3/c1-6-15(5)19(20(23)24-7-2)21-18(22)13-10-16-8-11-17(12-9-16)14(3)4/h8-15,19H,6-7H2,1-5H3,(H,21,22)/b13-10+/t15?,19-/m1/s1. The second-order valence-corrected chi connectivity index (χ2v) is 6.28. The monoisotopic (exact) mass is 331 g/mol. The molecule has 0 heterocycles. The van der Waals surface area contributed by atoms with Gasteiger partial charge in [0, 0.05) is 6.08 Å². The summed E-state index contributed by atoms with van der Waals surface area (Å²) in [4.78, 5) is 24.1. The highest BCUT2D eigenvalue weighted by Gasteiger charge is 2.26. The summed E-state index contributed by atoms with van der Waals surface area (Å²) in [5, 5.41) is 2.75. The molecule has 0 saturated carbocycles. The lowest BCUT2D eigenvalue weighted by Crippen LogP contribution is -2.45. The van der Waals surface area contributed by atoms with Crippen LogP contribution in [0.25, 0.3) is 6.08 Å². The summed E-state index contributed by atoms with van der Waals surface area (Å²) < 4.78 is 5.05. The molecule has 0 aromatic heterocycles. The van der Waals surface area contributed by atoms with E-state index in [0.717, 1.165) is 12.0 Å². The van der Waals surface area contributed by atoms with Crippen molar-refractivity contribution in [3.8, 4) is 0 Å². The Bertz CT molecular complexity index is 561. The van der Waals surface area contributed by atoms with Crippen LogP contribution >= 0.6 is 0 Å². The maximum Gasteiger partial charge on any atom is 0.328 e. The molecular weight excluding hydrogens is 302 g/mol. The lowest BCUT2D eigenvalue weighted by molar-refractivity contribution is -0.148. The van der Waals surface area contributed by atoms with Gasteiger partial charge in [0.15, 0.2) is 0 Å². The summed E-state index contributed by atoms with van der Waals surface area (Å²) >= 11 is 0. The number of rotatable bonds is 8. The van der Waals surface area contributed by atoms with Crippen LogP contribution in [-0.2, 0) is 14.3 Å². The molecule has 1 aromatic carbocycles. The molecule has 1 aromatic rings. The summed E-state index contributed by atoms with van der Waals surface area (Å²) in [6.07, 6.45) is 3.99. The van der Waals surface area contributed by atoms with Gasteiger partial charge in [0.1, 0.15) is 6.04 Å². The second-order valence-electron chi connectivity index (χ2n) is 6.28. The predicted molar refractivity (Wildman–Crippen MR) is 97.6 cm³/mol. The Labute approximate surface area is 145 Å². The molecule has 1 N–H and O–H groups in total. The van der Waals surface area contributed by atoms with E-state index in [1.54, 1.807) is 13.0 Å². The fourth-order valence-corrected chi connectivity index (χ4v) is 2.27. The average molecular weight is 331 g/mol. The smallest absolute Gasteiger partial charge is 0.328 e. The lowest BCUT2D eigenvalue weighted by atomic mass is 9.99. The van der Waals surface area contributed by atoms with E-state index in [4.69, 9.17) is 4.74 Å². The number of ether oxygens (including phenoxy) is 1. The van der Waals surface area contributed by atoms with Crippen molar-refractivity contribution < 1.29 is 14.3 Å². The van der Waals surface area contributed by atoms with Crippen LogP contribution in [0.4, 0.5) is 0 Å². The van der Waals surface area contributed by atoms with Crippen molar-refractivity contribution in [1.29, 1.82) is 0 Å². The van der Waals surface area contributed by atoms with Crippen LogP contribution in [-0.4, -0.2) is 24.5 Å². The van der Waals surface area contributed by atoms with Crippen LogP contribution in [0.1, 0.15) is 58.1 Å². The van der Waals surface area contributed by atoms with Gasteiger partial charge in [-0.05, 0) is 36.0 Å². The van der Waals surface area contributed by atoms with Gasteiger partial charge in [-0.3, -0.25) is 4.79 Å². The van der Waals surface area contributed by atoms with E-state index in [1.165, 1.54) is 11.6 Å². The molecule has 0 bridgehead atoms. The van der Waals surface area contributed by atoms with Gasteiger partial charge in [-0.1, -0.05) is 58.4 Å². The maximum absolute atomic E-state index is 12.1. The number of amides is 1. The number of hydrogen-bond donors (Lipinski definition) is 1. The van der Waals surface area contributed by atoms with Crippen molar-refractivity contribution in [3.63, 3.8) is 0 Å². The molecule has 1 rings (SSSR count). The van der Waals surface area contributed by atoms with Gasteiger partial charge in [-0.25, -0.2) is 4.79 Å². The molecule has 0 aliphatic carbocycles. The Balaban J connectivity index is 2.72. The lowest BCUT2D eigenvalue weighted by Gasteiger charge is -2.21. The average Bonchev–Trinajstić information content (AvgIpc) is 2.57. The van der Waals surface area contributed by atoms with Gasteiger partial charge < -0.3 is 10.1 Å². The van der Waals surface area contributed by atoms with Crippen molar-refractivity contribution >= 4 is 18.0 Å². The number of esters is 1. The van der Waals surface area contributed by atoms with E-state index >= 15 is 0 Å². The minimum absolute atomic E-state index is 0.0201. The zero-order valence-corrected chi connectivity index (χ0v) is 15.3. The highest BCUT2D eigenvalue weighted by atomic mass is 16.5. The van der Waals surface area contributed by atoms with Gasteiger partial charge in [0.2, 0.25) is 5.91 Å². The third-order valence-corrected chi connectivity index (χ3v) is 4.08. The predicted octanol–water partition coefficient (Wildman–Crippen LogP) is 3.92. The molecule has 0 saturated heterocycles. The molecule has 24 heavy (non-hydrogen) atoms. The minimum Gasteiger partial charge on any atom is -0.464 e. The first-order valence-electron chi connectivity index (χ1n) is 8.64. The molecule has 4 heteroatoms. The number of carbonyl (C=O) groups is 2. The topological polar surface area (TPSA) is 55.4 Å².